The van der Waals surface area contributed by atoms with Crippen LogP contribution in [0.2, 0.25) is 0 Å². The highest BCUT2D eigenvalue weighted by atomic mass is 16.5. The molecule has 0 radical (unpaired) electrons. The van der Waals surface area contributed by atoms with Crippen molar-refractivity contribution < 1.29 is 9.84 Å². The molecule has 3 nitrogen and oxygen atoms in total. The zero-order chi connectivity index (χ0) is 8.55. The highest BCUT2D eigenvalue weighted by molar-refractivity contribution is 5.48. The Morgan fingerprint density at radius 2 is 2.00 bits per heavy atom. The molecule has 0 saturated heterocycles. The molecule has 12 heavy (non-hydrogen) atoms. The van der Waals surface area contributed by atoms with Crippen molar-refractivity contribution in [2.75, 3.05) is 0 Å². The number of benzene rings is 1. The van der Waals surface area contributed by atoms with E-state index >= 15 is 0 Å². The van der Waals surface area contributed by atoms with Crippen LogP contribution < -0.4 is 0 Å². The molecule has 1 aliphatic rings. The first-order valence-electron chi connectivity index (χ1n) is 3.64. The van der Waals surface area contributed by atoms with Gasteiger partial charge in [0, 0.05) is 0 Å². The van der Waals surface area contributed by atoms with Crippen LogP contribution in [0.4, 0.5) is 0 Å². The molecule has 0 saturated carbocycles. The van der Waals surface area contributed by atoms with Crippen molar-refractivity contribution in [3.05, 3.63) is 28.8 Å². The van der Waals surface area contributed by atoms with Crippen LogP contribution in [0.1, 0.15) is 16.7 Å². The van der Waals surface area contributed by atoms with Gasteiger partial charge in [-0.25, -0.2) is 0 Å². The van der Waals surface area contributed by atoms with Gasteiger partial charge in [-0.1, -0.05) is 0 Å². The number of nitrogens with zero attached hydrogens (tertiary/aromatic N) is 1. The Balaban J connectivity index is 2.59. The molecule has 60 valence electrons. The molecule has 0 spiro atoms. The molecule has 0 aromatic heterocycles. The standard InChI is InChI=1S/C9H7NO2/c10-3-6-1-7-4-12-5-8(7)2-9(6)11/h1-2,11H,4-5H2. The Kier molecular flexibility index (Phi) is 1.49. The van der Waals surface area contributed by atoms with E-state index in [2.05, 4.69) is 0 Å². The van der Waals surface area contributed by atoms with Crippen LogP contribution in [0, 0.1) is 11.3 Å². The third-order valence-corrected chi connectivity index (χ3v) is 1.95. The lowest BCUT2D eigenvalue weighted by atomic mass is 10.1. The average molecular weight is 161 g/mol. The number of phenols is 1. The molecule has 0 atom stereocenters. The molecule has 0 fully saturated rings. The highest BCUT2D eigenvalue weighted by Gasteiger charge is 2.14. The maximum Gasteiger partial charge on any atom is 0.133 e. The summed E-state index contributed by atoms with van der Waals surface area (Å²) in [4.78, 5) is 0. The molecule has 0 unspecified atom stereocenters. The van der Waals surface area contributed by atoms with Crippen LogP contribution in [0.25, 0.3) is 0 Å². The average Bonchev–Trinajstić information content (AvgIpc) is 2.49. The largest absolute Gasteiger partial charge is 0.507 e. The van der Waals surface area contributed by atoms with E-state index in [-0.39, 0.29) is 5.75 Å². The van der Waals surface area contributed by atoms with Gasteiger partial charge in [0.2, 0.25) is 0 Å². The second-order valence-corrected chi connectivity index (χ2v) is 2.74. The Bertz CT molecular complexity index is 365. The lowest BCUT2D eigenvalue weighted by molar-refractivity contribution is 0.134. The summed E-state index contributed by atoms with van der Waals surface area (Å²) in [7, 11) is 0. The first kappa shape index (κ1) is 7.14. The first-order valence-corrected chi connectivity index (χ1v) is 3.64. The van der Waals surface area contributed by atoms with Gasteiger partial charge in [0.15, 0.2) is 0 Å². The summed E-state index contributed by atoms with van der Waals surface area (Å²) in [5.41, 5.74) is 2.30. The molecular formula is C9H7NO2. The van der Waals surface area contributed by atoms with Gasteiger partial charge < -0.3 is 9.84 Å². The minimum Gasteiger partial charge on any atom is -0.507 e. The number of ether oxygens (including phenoxy) is 1. The van der Waals surface area contributed by atoms with Crippen LogP contribution in [-0.4, -0.2) is 5.11 Å². The van der Waals surface area contributed by atoms with Crippen LogP contribution in [0.5, 0.6) is 5.75 Å². The van der Waals surface area contributed by atoms with E-state index < -0.39 is 0 Å². The van der Waals surface area contributed by atoms with E-state index in [1.54, 1.807) is 12.1 Å². The van der Waals surface area contributed by atoms with E-state index in [1.165, 1.54) is 0 Å². The molecule has 0 aliphatic carbocycles. The predicted molar refractivity (Wildman–Crippen MR) is 41.3 cm³/mol. The lowest BCUT2D eigenvalue weighted by Gasteiger charge is -1.99. The van der Waals surface area contributed by atoms with Crippen molar-refractivity contribution in [2.24, 2.45) is 0 Å². The summed E-state index contributed by atoms with van der Waals surface area (Å²) >= 11 is 0. The molecular weight excluding hydrogens is 154 g/mol. The van der Waals surface area contributed by atoms with E-state index in [0.29, 0.717) is 18.8 Å². The zero-order valence-electron chi connectivity index (χ0n) is 6.37. The summed E-state index contributed by atoms with van der Waals surface area (Å²) in [6.45, 7) is 1.08. The molecule has 3 heteroatoms. The van der Waals surface area contributed by atoms with E-state index in [9.17, 15) is 5.11 Å². The van der Waals surface area contributed by atoms with Crippen molar-refractivity contribution >= 4 is 0 Å². The highest BCUT2D eigenvalue weighted by Crippen LogP contribution is 2.27. The van der Waals surface area contributed by atoms with Crippen LogP contribution in [0.3, 0.4) is 0 Å². The molecule has 1 aromatic carbocycles. The maximum atomic E-state index is 9.30. The quantitative estimate of drug-likeness (QED) is 0.623. The van der Waals surface area contributed by atoms with E-state index in [0.717, 1.165) is 11.1 Å². The Morgan fingerprint density at radius 3 is 2.67 bits per heavy atom. The van der Waals surface area contributed by atoms with Gasteiger partial charge in [0.1, 0.15) is 11.8 Å². The summed E-state index contributed by atoms with van der Waals surface area (Å²) in [5, 5.41) is 17.9. The smallest absolute Gasteiger partial charge is 0.133 e. The predicted octanol–water partition coefficient (Wildman–Crippen LogP) is 1.29. The summed E-state index contributed by atoms with van der Waals surface area (Å²) in [6, 6.07) is 5.20. The maximum absolute atomic E-state index is 9.30. The summed E-state index contributed by atoms with van der Waals surface area (Å²) in [6.07, 6.45) is 0. The van der Waals surface area contributed by atoms with Crippen molar-refractivity contribution in [3.63, 3.8) is 0 Å². The van der Waals surface area contributed by atoms with Crippen LogP contribution in [-0.2, 0) is 18.0 Å². The van der Waals surface area contributed by atoms with Crippen molar-refractivity contribution in [1.29, 1.82) is 5.26 Å². The Hall–Kier alpha value is -1.53. The molecule has 0 bridgehead atoms. The number of hydrogen-bond donors (Lipinski definition) is 1. The van der Waals surface area contributed by atoms with Gasteiger partial charge in [0.25, 0.3) is 0 Å². The molecule has 1 aromatic rings. The second-order valence-electron chi connectivity index (χ2n) is 2.74. The Morgan fingerprint density at radius 1 is 1.33 bits per heavy atom. The monoisotopic (exact) mass is 161 g/mol. The lowest BCUT2D eigenvalue weighted by Crippen LogP contribution is -1.85. The molecule has 2 rings (SSSR count). The van der Waals surface area contributed by atoms with Crippen molar-refractivity contribution in [1.82, 2.24) is 0 Å². The van der Waals surface area contributed by atoms with Gasteiger partial charge in [-0.2, -0.15) is 5.26 Å². The summed E-state index contributed by atoms with van der Waals surface area (Å²) < 4.78 is 5.15. The molecule has 1 N–H and O–H groups in total. The van der Waals surface area contributed by atoms with Crippen molar-refractivity contribution in [2.45, 2.75) is 13.2 Å². The van der Waals surface area contributed by atoms with Gasteiger partial charge in [-0.15, -0.1) is 0 Å². The van der Waals surface area contributed by atoms with E-state index in [4.69, 9.17) is 10.00 Å². The van der Waals surface area contributed by atoms with Crippen LogP contribution in [0.15, 0.2) is 12.1 Å². The fourth-order valence-corrected chi connectivity index (χ4v) is 1.31. The van der Waals surface area contributed by atoms with Gasteiger partial charge in [-0.3, -0.25) is 0 Å². The van der Waals surface area contributed by atoms with Gasteiger partial charge in [-0.05, 0) is 23.3 Å². The van der Waals surface area contributed by atoms with Crippen molar-refractivity contribution in [3.8, 4) is 11.8 Å². The number of aromatic hydroxyl groups is 1. The topological polar surface area (TPSA) is 53.2 Å². The molecule has 1 heterocycles. The van der Waals surface area contributed by atoms with Gasteiger partial charge in [0.05, 0.1) is 18.8 Å². The SMILES string of the molecule is N#Cc1cc2c(cc1O)COC2. The van der Waals surface area contributed by atoms with Gasteiger partial charge >= 0.3 is 0 Å². The number of fused-ring (bicyclic) bond motifs is 1. The number of phenolic OH excluding ortho intramolecular Hbond substituents is 1. The number of rotatable bonds is 0. The number of hydrogen-bond acceptors (Lipinski definition) is 3. The minimum atomic E-state index is 0.0433. The molecule has 0 amide bonds. The Labute approximate surface area is 69.8 Å². The fourth-order valence-electron chi connectivity index (χ4n) is 1.31. The molecule has 1 aliphatic heterocycles. The number of nitriles is 1. The first-order chi connectivity index (χ1) is 5.81. The zero-order valence-corrected chi connectivity index (χ0v) is 6.37. The van der Waals surface area contributed by atoms with E-state index in [1.807, 2.05) is 6.07 Å². The normalized spacial score (nSPS) is 13.9. The minimum absolute atomic E-state index is 0.0433. The summed E-state index contributed by atoms with van der Waals surface area (Å²) in [5.74, 6) is 0.0433. The third kappa shape index (κ3) is 0.936. The second kappa shape index (κ2) is 2.50. The third-order valence-electron chi connectivity index (χ3n) is 1.95. The fraction of sp³-hybridized carbons (Fsp3) is 0.222. The van der Waals surface area contributed by atoms with Crippen LogP contribution >= 0.6 is 0 Å².